The third-order valence-corrected chi connectivity index (χ3v) is 9.44. The quantitative estimate of drug-likeness (QED) is 0.190. The van der Waals surface area contributed by atoms with Gasteiger partial charge < -0.3 is 29.7 Å². The van der Waals surface area contributed by atoms with E-state index in [-0.39, 0.29) is 17.2 Å². The van der Waals surface area contributed by atoms with E-state index < -0.39 is 0 Å². The molecule has 10 rings (SSSR count). The number of anilines is 1. The van der Waals surface area contributed by atoms with Crippen LogP contribution in [0.5, 0.6) is 34.5 Å². The van der Waals surface area contributed by atoms with Gasteiger partial charge in [-0.15, -0.1) is 0 Å². The van der Waals surface area contributed by atoms with Crippen LogP contribution >= 0.6 is 0 Å². The number of nitrogens with zero attached hydrogens (tertiary/aromatic N) is 2. The number of benzene rings is 5. The average Bonchev–Trinajstić information content (AvgIpc) is 3.10. The highest BCUT2D eigenvalue weighted by Crippen LogP contribution is 2.42. The van der Waals surface area contributed by atoms with Crippen LogP contribution in [0.3, 0.4) is 0 Å². The molecule has 7 heteroatoms. The van der Waals surface area contributed by atoms with E-state index in [0.717, 1.165) is 66.2 Å². The standard InChI is InChI=1S/C40H40N2O5/c1-46-33-16-12-32(13-17-33)42-22-20-41(21-23-42)26-31-11-10-30-9-4-27-5-14-34(15-6-27)47-38-25-29(8-19-36(38)43)3-2-28-7-18-35(37(44)24-28)39(30)40(31)45/h5-8,10-19,24-25,43-45H,2-4,9,20-23,26H2,1H3. The van der Waals surface area contributed by atoms with Crippen molar-refractivity contribution in [3.05, 3.63) is 125 Å². The predicted octanol–water partition coefficient (Wildman–Crippen LogP) is 7.48. The van der Waals surface area contributed by atoms with E-state index in [4.69, 9.17) is 9.47 Å². The second-order valence-electron chi connectivity index (χ2n) is 12.5. The van der Waals surface area contributed by atoms with Crippen LogP contribution in [-0.4, -0.2) is 53.5 Å². The summed E-state index contributed by atoms with van der Waals surface area (Å²) in [4.78, 5) is 4.76. The van der Waals surface area contributed by atoms with Crippen LogP contribution < -0.4 is 14.4 Å². The zero-order valence-electron chi connectivity index (χ0n) is 26.7. The summed E-state index contributed by atoms with van der Waals surface area (Å²) in [6.45, 7) is 4.19. The summed E-state index contributed by atoms with van der Waals surface area (Å²) < 4.78 is 11.4. The fourth-order valence-electron chi connectivity index (χ4n) is 6.67. The molecule has 7 nitrogen and oxygen atoms in total. The highest BCUT2D eigenvalue weighted by molar-refractivity contribution is 5.80. The number of aryl methyl sites for hydroxylation is 4. The molecule has 5 aromatic carbocycles. The van der Waals surface area contributed by atoms with Gasteiger partial charge in [-0.05, 0) is 103 Å². The van der Waals surface area contributed by atoms with Crippen molar-refractivity contribution in [1.82, 2.24) is 4.90 Å². The lowest BCUT2D eigenvalue weighted by atomic mass is 9.90. The molecule has 0 saturated carbocycles. The first-order valence-corrected chi connectivity index (χ1v) is 16.3. The molecule has 0 radical (unpaired) electrons. The molecule has 0 unspecified atom stereocenters. The van der Waals surface area contributed by atoms with Gasteiger partial charge in [-0.2, -0.15) is 0 Å². The lowest BCUT2D eigenvalue weighted by Crippen LogP contribution is -2.45. The van der Waals surface area contributed by atoms with E-state index in [1.165, 1.54) is 5.69 Å². The molecule has 0 atom stereocenters. The molecular formula is C40H40N2O5. The molecule has 0 aromatic heterocycles. The van der Waals surface area contributed by atoms with Gasteiger partial charge in [0.2, 0.25) is 0 Å². The van der Waals surface area contributed by atoms with Crippen molar-refractivity contribution >= 4 is 5.69 Å². The van der Waals surface area contributed by atoms with Gasteiger partial charge in [0.1, 0.15) is 23.0 Å². The predicted molar refractivity (Wildman–Crippen MR) is 185 cm³/mol. The third-order valence-electron chi connectivity index (χ3n) is 9.44. The summed E-state index contributed by atoms with van der Waals surface area (Å²) in [6, 6.07) is 31.4. The van der Waals surface area contributed by atoms with Crippen LogP contribution in [0, 0.1) is 0 Å². The first-order chi connectivity index (χ1) is 22.9. The Labute approximate surface area is 275 Å². The highest BCUT2D eigenvalue weighted by atomic mass is 16.5. The molecule has 5 aliphatic rings. The summed E-state index contributed by atoms with van der Waals surface area (Å²) in [5.41, 5.74) is 7.52. The maximum Gasteiger partial charge on any atom is 0.169 e. The fraction of sp³-hybridized carbons (Fsp3) is 0.250. The molecule has 6 bridgehead atoms. The smallest absolute Gasteiger partial charge is 0.169 e. The van der Waals surface area contributed by atoms with Crippen molar-refractivity contribution in [1.29, 1.82) is 0 Å². The Kier molecular flexibility index (Phi) is 8.64. The number of phenolic OH excluding ortho intramolecular Hbond substituents is 3. The van der Waals surface area contributed by atoms with Gasteiger partial charge in [-0.25, -0.2) is 0 Å². The summed E-state index contributed by atoms with van der Waals surface area (Å²) in [6.07, 6.45) is 2.85. The second kappa shape index (κ2) is 13.3. The van der Waals surface area contributed by atoms with Gasteiger partial charge >= 0.3 is 0 Å². The van der Waals surface area contributed by atoms with E-state index in [0.29, 0.717) is 48.4 Å². The zero-order chi connectivity index (χ0) is 32.3. The molecule has 47 heavy (non-hydrogen) atoms. The fourth-order valence-corrected chi connectivity index (χ4v) is 6.67. The summed E-state index contributed by atoms with van der Waals surface area (Å²) in [5, 5.41) is 33.6. The van der Waals surface area contributed by atoms with Crippen LogP contribution in [0.2, 0.25) is 0 Å². The first-order valence-electron chi connectivity index (χ1n) is 16.3. The van der Waals surface area contributed by atoms with E-state index in [2.05, 4.69) is 28.0 Å². The Bertz CT molecular complexity index is 1860. The number of hydrogen-bond donors (Lipinski definition) is 3. The van der Waals surface area contributed by atoms with Crippen molar-refractivity contribution in [3.8, 4) is 45.6 Å². The maximum atomic E-state index is 11.8. The monoisotopic (exact) mass is 628 g/mol. The Morgan fingerprint density at radius 3 is 2.06 bits per heavy atom. The van der Waals surface area contributed by atoms with Crippen LogP contribution in [-0.2, 0) is 32.2 Å². The minimum Gasteiger partial charge on any atom is -0.507 e. The van der Waals surface area contributed by atoms with E-state index in [1.807, 2.05) is 72.8 Å². The topological polar surface area (TPSA) is 85.6 Å². The molecule has 5 aromatic rings. The number of methoxy groups -OCH3 is 1. The molecule has 5 heterocycles. The lowest BCUT2D eigenvalue weighted by molar-refractivity contribution is 0.247. The minimum atomic E-state index is 0.0980. The number of rotatable bonds is 4. The normalized spacial score (nSPS) is 15.0. The molecule has 1 saturated heterocycles. The van der Waals surface area contributed by atoms with E-state index in [9.17, 15) is 15.3 Å². The highest BCUT2D eigenvalue weighted by Gasteiger charge is 2.22. The van der Waals surface area contributed by atoms with Crippen molar-refractivity contribution in [2.75, 3.05) is 38.2 Å². The van der Waals surface area contributed by atoms with Gasteiger partial charge in [0.05, 0.1) is 7.11 Å². The Hall–Kier alpha value is -5.14. The first kappa shape index (κ1) is 30.5. The number of phenols is 3. The Balaban J connectivity index is 1.16. The van der Waals surface area contributed by atoms with Crippen LogP contribution in [0.25, 0.3) is 11.1 Å². The van der Waals surface area contributed by atoms with Crippen LogP contribution in [0.1, 0.15) is 27.8 Å². The van der Waals surface area contributed by atoms with E-state index >= 15 is 0 Å². The second-order valence-corrected chi connectivity index (χ2v) is 12.5. The molecule has 240 valence electrons. The molecule has 0 amide bonds. The molecule has 5 aliphatic heterocycles. The molecule has 0 aliphatic carbocycles. The van der Waals surface area contributed by atoms with E-state index in [1.54, 1.807) is 13.2 Å². The van der Waals surface area contributed by atoms with Crippen molar-refractivity contribution in [2.24, 2.45) is 0 Å². The lowest BCUT2D eigenvalue weighted by Gasteiger charge is -2.36. The Morgan fingerprint density at radius 1 is 0.660 bits per heavy atom. The number of aromatic hydroxyl groups is 3. The third kappa shape index (κ3) is 6.71. The summed E-state index contributed by atoms with van der Waals surface area (Å²) >= 11 is 0. The van der Waals surface area contributed by atoms with Gasteiger partial charge in [-0.3, -0.25) is 4.90 Å². The Morgan fingerprint density at radius 2 is 1.34 bits per heavy atom. The largest absolute Gasteiger partial charge is 0.507 e. The average molecular weight is 629 g/mol. The van der Waals surface area contributed by atoms with Gasteiger partial charge in [-0.1, -0.05) is 42.5 Å². The van der Waals surface area contributed by atoms with Crippen LogP contribution in [0.15, 0.2) is 97.1 Å². The molecule has 1 fully saturated rings. The number of ether oxygens (including phenoxy) is 2. The number of piperazine rings is 1. The minimum absolute atomic E-state index is 0.0980. The van der Waals surface area contributed by atoms with Gasteiger partial charge in [0.15, 0.2) is 11.5 Å². The van der Waals surface area contributed by atoms with Crippen molar-refractivity contribution in [2.45, 2.75) is 32.2 Å². The summed E-state index contributed by atoms with van der Waals surface area (Å²) in [5.74, 6) is 2.43. The molecule has 3 N–H and O–H groups in total. The molecular weight excluding hydrogens is 588 g/mol. The zero-order valence-corrected chi connectivity index (χ0v) is 26.7. The van der Waals surface area contributed by atoms with Gasteiger partial charge in [0, 0.05) is 55.1 Å². The van der Waals surface area contributed by atoms with Crippen molar-refractivity contribution in [3.63, 3.8) is 0 Å². The molecule has 0 spiro atoms. The summed E-state index contributed by atoms with van der Waals surface area (Å²) in [7, 11) is 1.68. The van der Waals surface area contributed by atoms with Crippen LogP contribution in [0.4, 0.5) is 5.69 Å². The SMILES string of the molecule is COc1ccc(N2CCN(Cc3ccc4c(c3O)-c3ccc(cc3O)CCc3ccc(O)c(c3)Oc3ccc(cc3)CC4)CC2)cc1. The number of hydrogen-bond acceptors (Lipinski definition) is 7. The van der Waals surface area contributed by atoms with Crippen molar-refractivity contribution < 1.29 is 24.8 Å². The maximum absolute atomic E-state index is 11.8. The van der Waals surface area contributed by atoms with Gasteiger partial charge in [0.25, 0.3) is 0 Å².